The summed E-state index contributed by atoms with van der Waals surface area (Å²) in [5.74, 6) is 0.612. The highest BCUT2D eigenvalue weighted by Crippen LogP contribution is 2.22. The second-order valence-electron chi connectivity index (χ2n) is 4.32. The van der Waals surface area contributed by atoms with Crippen LogP contribution >= 0.6 is 0 Å². The Bertz CT molecular complexity index is 425. The van der Waals surface area contributed by atoms with E-state index >= 15 is 0 Å². The minimum absolute atomic E-state index is 0.00523. The quantitative estimate of drug-likeness (QED) is 0.820. The van der Waals surface area contributed by atoms with E-state index in [1.54, 1.807) is 7.11 Å². The summed E-state index contributed by atoms with van der Waals surface area (Å²) in [5.41, 5.74) is 1.74. The first kappa shape index (κ1) is 13.1. The third-order valence-electron chi connectivity index (χ3n) is 3.16. The molecule has 1 aromatic carbocycles. The third-order valence-corrected chi connectivity index (χ3v) is 3.16. The number of benzene rings is 1. The van der Waals surface area contributed by atoms with Crippen LogP contribution < -0.4 is 10.1 Å². The van der Waals surface area contributed by atoms with E-state index in [0.29, 0.717) is 24.5 Å². The number of nitrogens with one attached hydrogen (secondary N) is 1. The normalized spacial score (nSPS) is 19.6. The lowest BCUT2D eigenvalue weighted by Gasteiger charge is -2.23. The molecule has 0 bridgehead atoms. The van der Waals surface area contributed by atoms with Gasteiger partial charge in [0.25, 0.3) is 0 Å². The van der Waals surface area contributed by atoms with E-state index in [-0.39, 0.29) is 5.78 Å². The summed E-state index contributed by atoms with van der Waals surface area (Å²) >= 11 is 0. The van der Waals surface area contributed by atoms with Gasteiger partial charge in [-0.2, -0.15) is 0 Å². The molecule has 1 atom stereocenters. The monoisotopic (exact) mass is 249 g/mol. The van der Waals surface area contributed by atoms with E-state index in [0.717, 1.165) is 18.5 Å². The molecule has 0 amide bonds. The van der Waals surface area contributed by atoms with Crippen molar-refractivity contribution in [3.63, 3.8) is 0 Å². The zero-order valence-electron chi connectivity index (χ0n) is 10.9. The van der Waals surface area contributed by atoms with E-state index in [1.165, 1.54) is 0 Å². The van der Waals surface area contributed by atoms with Crippen LogP contribution in [0.3, 0.4) is 0 Å². The zero-order valence-corrected chi connectivity index (χ0v) is 10.9. The number of carbonyl (C=O) groups excluding carboxylic acids is 1. The molecule has 0 radical (unpaired) electrons. The van der Waals surface area contributed by atoms with Gasteiger partial charge in [-0.05, 0) is 24.1 Å². The number of hydrogen-bond acceptors (Lipinski definition) is 4. The fourth-order valence-corrected chi connectivity index (χ4v) is 2.07. The van der Waals surface area contributed by atoms with Crippen molar-refractivity contribution in [2.75, 3.05) is 26.8 Å². The Morgan fingerprint density at radius 2 is 2.39 bits per heavy atom. The molecule has 1 unspecified atom stereocenters. The molecule has 4 nitrogen and oxygen atoms in total. The molecule has 18 heavy (non-hydrogen) atoms. The maximum atomic E-state index is 12.4. The smallest absolute Gasteiger partial charge is 0.196 e. The average Bonchev–Trinajstić information content (AvgIpc) is 2.46. The average molecular weight is 249 g/mol. The summed E-state index contributed by atoms with van der Waals surface area (Å²) in [5, 5.41) is 3.16. The van der Waals surface area contributed by atoms with Crippen molar-refractivity contribution in [3.05, 3.63) is 29.3 Å². The number of hydrogen-bond donors (Lipinski definition) is 1. The highest BCUT2D eigenvalue weighted by Gasteiger charge is 2.25. The molecular weight excluding hydrogens is 230 g/mol. The predicted octanol–water partition coefficient (Wildman–Crippen LogP) is 1.43. The molecule has 0 aromatic heterocycles. The van der Waals surface area contributed by atoms with Crippen LogP contribution in [0.1, 0.15) is 22.8 Å². The van der Waals surface area contributed by atoms with Crippen molar-refractivity contribution in [2.24, 2.45) is 0 Å². The van der Waals surface area contributed by atoms with Crippen molar-refractivity contribution in [1.29, 1.82) is 0 Å². The summed E-state index contributed by atoms with van der Waals surface area (Å²) in [4.78, 5) is 12.4. The van der Waals surface area contributed by atoms with Crippen LogP contribution in [-0.4, -0.2) is 38.7 Å². The molecule has 1 aromatic rings. The zero-order chi connectivity index (χ0) is 13.0. The van der Waals surface area contributed by atoms with Gasteiger partial charge >= 0.3 is 0 Å². The predicted molar refractivity (Wildman–Crippen MR) is 69.3 cm³/mol. The molecule has 1 aliphatic rings. The molecule has 0 spiro atoms. The van der Waals surface area contributed by atoms with E-state index in [4.69, 9.17) is 9.47 Å². The van der Waals surface area contributed by atoms with Crippen LogP contribution in [0, 0.1) is 0 Å². The fraction of sp³-hybridized carbons (Fsp3) is 0.500. The van der Waals surface area contributed by atoms with Crippen LogP contribution in [0.2, 0.25) is 0 Å². The summed E-state index contributed by atoms with van der Waals surface area (Å²) in [6.45, 7) is 4.01. The summed E-state index contributed by atoms with van der Waals surface area (Å²) in [6, 6.07) is 5.73. The van der Waals surface area contributed by atoms with Crippen molar-refractivity contribution < 1.29 is 14.3 Å². The lowest BCUT2D eigenvalue weighted by molar-refractivity contribution is 0.0267. The van der Waals surface area contributed by atoms with Crippen molar-refractivity contribution >= 4 is 5.78 Å². The largest absolute Gasteiger partial charge is 0.496 e. The SMILES string of the molecule is CCc1ccc(OC)c(C(=O)C2CNCCO2)c1. The Hall–Kier alpha value is -1.39. The van der Waals surface area contributed by atoms with Crippen LogP contribution in [0.15, 0.2) is 18.2 Å². The fourth-order valence-electron chi connectivity index (χ4n) is 2.07. The number of ketones is 1. The van der Waals surface area contributed by atoms with Gasteiger partial charge in [0.15, 0.2) is 5.78 Å². The van der Waals surface area contributed by atoms with Crippen molar-refractivity contribution in [3.8, 4) is 5.75 Å². The molecule has 4 heteroatoms. The Morgan fingerprint density at radius 1 is 1.56 bits per heavy atom. The van der Waals surface area contributed by atoms with E-state index < -0.39 is 6.10 Å². The van der Waals surface area contributed by atoms with Gasteiger partial charge in [-0.25, -0.2) is 0 Å². The van der Waals surface area contributed by atoms with Crippen LogP contribution in [-0.2, 0) is 11.2 Å². The highest BCUT2D eigenvalue weighted by atomic mass is 16.5. The second-order valence-corrected chi connectivity index (χ2v) is 4.32. The molecule has 98 valence electrons. The van der Waals surface area contributed by atoms with Crippen LogP contribution in [0.5, 0.6) is 5.75 Å². The maximum absolute atomic E-state index is 12.4. The van der Waals surface area contributed by atoms with Crippen LogP contribution in [0.4, 0.5) is 0 Å². The minimum atomic E-state index is -0.403. The Kier molecular flexibility index (Phi) is 4.33. The highest BCUT2D eigenvalue weighted by molar-refractivity contribution is 6.02. The summed E-state index contributed by atoms with van der Waals surface area (Å²) in [7, 11) is 1.58. The Morgan fingerprint density at radius 3 is 3.00 bits per heavy atom. The van der Waals surface area contributed by atoms with Crippen molar-refractivity contribution in [1.82, 2.24) is 5.32 Å². The van der Waals surface area contributed by atoms with E-state index in [2.05, 4.69) is 12.2 Å². The van der Waals surface area contributed by atoms with Gasteiger partial charge in [0.05, 0.1) is 19.3 Å². The molecule has 1 heterocycles. The van der Waals surface area contributed by atoms with Crippen LogP contribution in [0.25, 0.3) is 0 Å². The van der Waals surface area contributed by atoms with Gasteiger partial charge in [-0.1, -0.05) is 13.0 Å². The first-order valence-electron chi connectivity index (χ1n) is 6.29. The molecule has 0 saturated carbocycles. The first-order valence-corrected chi connectivity index (χ1v) is 6.29. The molecule has 1 N–H and O–H groups in total. The van der Waals surface area contributed by atoms with E-state index in [9.17, 15) is 4.79 Å². The first-order chi connectivity index (χ1) is 8.76. The van der Waals surface area contributed by atoms with E-state index in [1.807, 2.05) is 18.2 Å². The summed E-state index contributed by atoms with van der Waals surface area (Å²) in [6.07, 6.45) is 0.494. The van der Waals surface area contributed by atoms with Gasteiger partial charge in [0.2, 0.25) is 0 Å². The topological polar surface area (TPSA) is 47.6 Å². The molecule has 1 aliphatic heterocycles. The second kappa shape index (κ2) is 5.98. The number of ether oxygens (including phenoxy) is 2. The van der Waals surface area contributed by atoms with Gasteiger partial charge < -0.3 is 14.8 Å². The number of rotatable bonds is 4. The van der Waals surface area contributed by atoms with Gasteiger partial charge in [0.1, 0.15) is 11.9 Å². The number of morpholine rings is 1. The standard InChI is InChI=1S/C14H19NO3/c1-3-10-4-5-12(17-2)11(8-10)14(16)13-9-15-6-7-18-13/h4-5,8,13,15H,3,6-7,9H2,1-2H3. The molecule has 1 fully saturated rings. The molecular formula is C14H19NO3. The lowest BCUT2D eigenvalue weighted by atomic mass is 10.0. The number of methoxy groups -OCH3 is 1. The van der Waals surface area contributed by atoms with Gasteiger partial charge in [0, 0.05) is 13.1 Å². The number of Topliss-reactive ketones (excluding diaryl/α,β-unsaturated/α-hetero) is 1. The van der Waals surface area contributed by atoms with Gasteiger partial charge in [-0.3, -0.25) is 4.79 Å². The number of carbonyl (C=O) groups is 1. The summed E-state index contributed by atoms with van der Waals surface area (Å²) < 4.78 is 10.8. The Labute approximate surface area is 107 Å². The maximum Gasteiger partial charge on any atom is 0.196 e. The molecule has 1 saturated heterocycles. The number of aryl methyl sites for hydroxylation is 1. The minimum Gasteiger partial charge on any atom is -0.496 e. The lowest BCUT2D eigenvalue weighted by Crippen LogP contribution is -2.43. The molecule has 0 aliphatic carbocycles. The Balaban J connectivity index is 2.26. The van der Waals surface area contributed by atoms with Crippen molar-refractivity contribution in [2.45, 2.75) is 19.4 Å². The third kappa shape index (κ3) is 2.71. The van der Waals surface area contributed by atoms with Gasteiger partial charge in [-0.15, -0.1) is 0 Å². The molecule has 2 rings (SSSR count).